The van der Waals surface area contributed by atoms with Gasteiger partial charge in [0, 0.05) is 46.0 Å². The Morgan fingerprint density at radius 2 is 1.83 bits per heavy atom. The summed E-state index contributed by atoms with van der Waals surface area (Å²) in [5.41, 5.74) is 2.19. The van der Waals surface area contributed by atoms with Crippen molar-refractivity contribution in [1.82, 2.24) is 15.6 Å². The van der Waals surface area contributed by atoms with Gasteiger partial charge in [-0.15, -0.1) is 0 Å². The number of fused-ring (bicyclic) bond motifs is 2. The molecule has 0 aliphatic heterocycles. The normalized spacial score (nSPS) is 13.2. The third-order valence-electron chi connectivity index (χ3n) is 6.30. The van der Waals surface area contributed by atoms with Crippen LogP contribution in [0.2, 0.25) is 5.02 Å². The van der Waals surface area contributed by atoms with Crippen molar-refractivity contribution < 1.29 is 13.6 Å². The highest BCUT2D eigenvalue weighted by Crippen LogP contribution is 2.25. The first kappa shape index (κ1) is 23.1. The van der Waals surface area contributed by atoms with Gasteiger partial charge in [0.15, 0.2) is 0 Å². The molecule has 0 radical (unpaired) electrons. The maximum atomic E-state index is 14.3. The molecular weight excluding hydrogens is 465 g/mol. The minimum absolute atomic E-state index is 0.0532. The van der Waals surface area contributed by atoms with Crippen molar-refractivity contribution in [3.63, 3.8) is 0 Å². The summed E-state index contributed by atoms with van der Waals surface area (Å²) in [7, 11) is 0. The molecule has 0 bridgehead atoms. The highest BCUT2D eigenvalue weighted by atomic mass is 35.5. The largest absolute Gasteiger partial charge is 0.460 e. The van der Waals surface area contributed by atoms with Gasteiger partial charge in [-0.25, -0.2) is 4.39 Å². The molecule has 3 N–H and O–H groups in total. The van der Waals surface area contributed by atoms with Crippen molar-refractivity contribution in [3.05, 3.63) is 107 Å². The molecule has 35 heavy (non-hydrogen) atoms. The minimum Gasteiger partial charge on any atom is -0.460 e. The summed E-state index contributed by atoms with van der Waals surface area (Å²) >= 11 is 5.86. The molecule has 178 valence electrons. The molecule has 2 heterocycles. The summed E-state index contributed by atoms with van der Waals surface area (Å²) < 4.78 is 20.2. The number of rotatable bonds is 8. The summed E-state index contributed by atoms with van der Waals surface area (Å²) in [6.45, 7) is 2.26. The van der Waals surface area contributed by atoms with Crippen LogP contribution in [0.1, 0.15) is 23.8 Å². The molecule has 1 atom stereocenters. The zero-order valence-corrected chi connectivity index (χ0v) is 20.0. The molecular formula is C28H25ClFN3O2. The van der Waals surface area contributed by atoms with E-state index < -0.39 is 11.4 Å². The fraction of sp³-hybridized carbons (Fsp3) is 0.179. The molecule has 3 aromatic carbocycles. The number of aromatic nitrogens is 1. The van der Waals surface area contributed by atoms with Gasteiger partial charge in [-0.3, -0.25) is 10.1 Å². The van der Waals surface area contributed by atoms with E-state index in [0.29, 0.717) is 23.6 Å². The van der Waals surface area contributed by atoms with E-state index in [1.54, 1.807) is 12.1 Å². The lowest BCUT2D eigenvalue weighted by atomic mass is 9.91. The third-order valence-corrected chi connectivity index (χ3v) is 6.54. The number of nitrogens with one attached hydrogen (secondary N) is 3. The van der Waals surface area contributed by atoms with Crippen molar-refractivity contribution in [2.45, 2.75) is 32.0 Å². The number of halogens is 2. The Morgan fingerprint density at radius 1 is 1.03 bits per heavy atom. The Morgan fingerprint density at radius 3 is 2.66 bits per heavy atom. The predicted octanol–water partition coefficient (Wildman–Crippen LogP) is 6.11. The van der Waals surface area contributed by atoms with Crippen molar-refractivity contribution >= 4 is 39.4 Å². The summed E-state index contributed by atoms with van der Waals surface area (Å²) in [5.74, 6) is 0.0347. The molecule has 5 aromatic rings. The van der Waals surface area contributed by atoms with E-state index in [9.17, 15) is 9.18 Å². The van der Waals surface area contributed by atoms with E-state index in [-0.39, 0.29) is 12.5 Å². The van der Waals surface area contributed by atoms with E-state index >= 15 is 0 Å². The molecule has 2 aromatic heterocycles. The number of H-pyrrole nitrogens is 1. The van der Waals surface area contributed by atoms with E-state index in [4.69, 9.17) is 16.0 Å². The Kier molecular flexibility index (Phi) is 6.32. The number of benzene rings is 3. The van der Waals surface area contributed by atoms with Gasteiger partial charge in [0.1, 0.15) is 17.2 Å². The lowest BCUT2D eigenvalue weighted by Crippen LogP contribution is -2.55. The fourth-order valence-corrected chi connectivity index (χ4v) is 4.48. The summed E-state index contributed by atoms with van der Waals surface area (Å²) in [4.78, 5) is 16.8. The van der Waals surface area contributed by atoms with E-state index in [0.717, 1.165) is 33.2 Å². The number of carbonyl (C=O) groups is 1. The smallest absolute Gasteiger partial charge is 0.240 e. The van der Waals surface area contributed by atoms with Crippen molar-refractivity contribution in [2.24, 2.45) is 0 Å². The predicted molar refractivity (Wildman–Crippen MR) is 137 cm³/mol. The van der Waals surface area contributed by atoms with Crippen LogP contribution in [-0.2, 0) is 24.3 Å². The van der Waals surface area contributed by atoms with Crippen LogP contribution in [0.25, 0.3) is 21.9 Å². The van der Waals surface area contributed by atoms with Gasteiger partial charge in [-0.05, 0) is 42.8 Å². The topological polar surface area (TPSA) is 70.1 Å². The molecule has 0 fully saturated rings. The van der Waals surface area contributed by atoms with Crippen LogP contribution >= 0.6 is 11.6 Å². The monoisotopic (exact) mass is 489 g/mol. The molecule has 1 unspecified atom stereocenters. The summed E-state index contributed by atoms with van der Waals surface area (Å²) in [6.07, 6.45) is 2.35. The van der Waals surface area contributed by atoms with Gasteiger partial charge in [-0.1, -0.05) is 54.1 Å². The van der Waals surface area contributed by atoms with Crippen LogP contribution in [0.5, 0.6) is 0 Å². The van der Waals surface area contributed by atoms with Gasteiger partial charge >= 0.3 is 0 Å². The molecule has 5 nitrogen and oxygen atoms in total. The zero-order valence-electron chi connectivity index (χ0n) is 19.2. The van der Waals surface area contributed by atoms with Crippen LogP contribution in [0.15, 0.2) is 83.4 Å². The average Bonchev–Trinajstić information content (AvgIpc) is 3.46. The SMILES string of the molecule is CC(Cc1c[nH]c2ccccc12)(NCc1cc2ccccc2o1)C(=O)NCc1ccc(Cl)cc1F. The molecule has 0 aliphatic carbocycles. The first-order valence-electron chi connectivity index (χ1n) is 11.4. The Hall–Kier alpha value is -3.61. The van der Waals surface area contributed by atoms with Crippen LogP contribution < -0.4 is 10.6 Å². The Labute approximate surface area is 207 Å². The number of furan rings is 1. The summed E-state index contributed by atoms with van der Waals surface area (Å²) in [5, 5.41) is 8.67. The number of hydrogen-bond donors (Lipinski definition) is 3. The van der Waals surface area contributed by atoms with Gasteiger partial charge < -0.3 is 14.7 Å². The van der Waals surface area contributed by atoms with E-state index in [1.807, 2.05) is 67.7 Å². The molecule has 1 amide bonds. The summed E-state index contributed by atoms with van der Waals surface area (Å²) in [6, 6.07) is 22.2. The highest BCUT2D eigenvalue weighted by molar-refractivity contribution is 6.30. The van der Waals surface area contributed by atoms with E-state index in [1.165, 1.54) is 6.07 Å². The van der Waals surface area contributed by atoms with Gasteiger partial charge in [0.25, 0.3) is 0 Å². The lowest BCUT2D eigenvalue weighted by molar-refractivity contribution is -0.127. The molecule has 0 saturated heterocycles. The van der Waals surface area contributed by atoms with Crippen LogP contribution in [-0.4, -0.2) is 16.4 Å². The van der Waals surface area contributed by atoms with Gasteiger partial charge in [-0.2, -0.15) is 0 Å². The number of aromatic amines is 1. The maximum absolute atomic E-state index is 14.3. The second kappa shape index (κ2) is 9.56. The molecule has 0 spiro atoms. The first-order chi connectivity index (χ1) is 16.9. The van der Waals surface area contributed by atoms with Crippen molar-refractivity contribution in [1.29, 1.82) is 0 Å². The number of para-hydroxylation sites is 2. The van der Waals surface area contributed by atoms with Crippen molar-refractivity contribution in [2.75, 3.05) is 0 Å². The number of amides is 1. The standard InChI is InChI=1S/C28H25ClFN3O2/c1-28(14-20-16-31-25-8-4-3-7-23(20)25,27(34)32-15-19-10-11-21(29)13-24(19)30)33-17-22-12-18-6-2-5-9-26(18)35-22/h2-13,16,31,33H,14-15,17H2,1H3,(H,32,34). The highest BCUT2D eigenvalue weighted by Gasteiger charge is 2.34. The fourth-order valence-electron chi connectivity index (χ4n) is 4.32. The maximum Gasteiger partial charge on any atom is 0.240 e. The molecule has 0 saturated carbocycles. The Bertz CT molecular complexity index is 1480. The van der Waals surface area contributed by atoms with Crippen LogP contribution in [0, 0.1) is 5.82 Å². The zero-order chi connectivity index (χ0) is 24.4. The average molecular weight is 490 g/mol. The molecule has 0 aliphatic rings. The molecule has 7 heteroatoms. The van der Waals surface area contributed by atoms with Crippen LogP contribution in [0.4, 0.5) is 4.39 Å². The van der Waals surface area contributed by atoms with Crippen molar-refractivity contribution in [3.8, 4) is 0 Å². The van der Waals surface area contributed by atoms with E-state index in [2.05, 4.69) is 15.6 Å². The minimum atomic E-state index is -0.993. The quantitative estimate of drug-likeness (QED) is 0.246. The third kappa shape index (κ3) is 4.94. The number of hydrogen-bond acceptors (Lipinski definition) is 3. The van der Waals surface area contributed by atoms with Crippen LogP contribution in [0.3, 0.4) is 0 Å². The second-order valence-corrected chi connectivity index (χ2v) is 9.33. The lowest BCUT2D eigenvalue weighted by Gasteiger charge is -2.29. The Balaban J connectivity index is 1.39. The second-order valence-electron chi connectivity index (χ2n) is 8.89. The first-order valence-corrected chi connectivity index (χ1v) is 11.8. The van der Waals surface area contributed by atoms with Gasteiger partial charge in [0.2, 0.25) is 5.91 Å². The van der Waals surface area contributed by atoms with Gasteiger partial charge in [0.05, 0.1) is 12.1 Å². The molecule has 5 rings (SSSR count). The number of carbonyl (C=O) groups excluding carboxylic acids is 1.